The summed E-state index contributed by atoms with van der Waals surface area (Å²) in [5.41, 5.74) is 0. The van der Waals surface area contributed by atoms with Gasteiger partial charge in [-0.25, -0.2) is 8.78 Å². The molecule has 58 valence electrons. The summed E-state index contributed by atoms with van der Waals surface area (Å²) in [4.78, 5) is -0.198. The first kappa shape index (κ1) is 8.49. The molecule has 0 amide bonds. The predicted octanol–water partition coefficient (Wildman–Crippen LogP) is 2.41. The minimum absolute atomic E-state index is 0.0578. The van der Waals surface area contributed by atoms with Crippen LogP contribution in [0.2, 0.25) is 5.02 Å². The Morgan fingerprint density at radius 3 is 2.45 bits per heavy atom. The van der Waals surface area contributed by atoms with Gasteiger partial charge in [-0.1, -0.05) is 11.6 Å². The lowest BCUT2D eigenvalue weighted by Crippen LogP contribution is -1.86. The molecule has 0 unspecified atom stereocenters. The average Bonchev–Trinajstić information content (AvgIpc) is 1.97. The standard InChI is InChI=1S/C6H2ClF2OS/c7-3-1-6(11-10)5(9)2-4(3)8/h1-2H/q+1. The van der Waals surface area contributed by atoms with Crippen molar-refractivity contribution < 1.29 is 13.0 Å². The Morgan fingerprint density at radius 2 is 1.91 bits per heavy atom. The van der Waals surface area contributed by atoms with Crippen LogP contribution in [0.3, 0.4) is 0 Å². The van der Waals surface area contributed by atoms with Gasteiger partial charge in [0.1, 0.15) is 5.82 Å². The van der Waals surface area contributed by atoms with E-state index < -0.39 is 11.6 Å². The van der Waals surface area contributed by atoms with Crippen LogP contribution < -0.4 is 0 Å². The van der Waals surface area contributed by atoms with Crippen LogP contribution in [-0.4, -0.2) is 0 Å². The topological polar surface area (TPSA) is 17.1 Å². The summed E-state index contributed by atoms with van der Waals surface area (Å²) in [6.07, 6.45) is 0. The molecule has 0 saturated carbocycles. The molecule has 0 saturated heterocycles. The fourth-order valence-electron chi connectivity index (χ4n) is 0.568. The molecule has 1 nitrogen and oxygen atoms in total. The van der Waals surface area contributed by atoms with Gasteiger partial charge >= 0.3 is 16.6 Å². The Labute approximate surface area is 70.5 Å². The third kappa shape index (κ3) is 1.70. The molecule has 0 atom stereocenters. The maximum Gasteiger partial charge on any atom is 0.508 e. The number of halogens is 3. The van der Waals surface area contributed by atoms with Crippen LogP contribution in [-0.2, 0) is 15.9 Å². The van der Waals surface area contributed by atoms with Gasteiger partial charge in [-0.3, -0.25) is 0 Å². The minimum atomic E-state index is -0.882. The van der Waals surface area contributed by atoms with E-state index in [0.717, 1.165) is 6.07 Å². The van der Waals surface area contributed by atoms with E-state index in [1.165, 1.54) is 0 Å². The van der Waals surface area contributed by atoms with Gasteiger partial charge in [0.25, 0.3) is 0 Å². The van der Waals surface area contributed by atoms with Gasteiger partial charge in [0.15, 0.2) is 5.82 Å². The van der Waals surface area contributed by atoms with Crippen molar-refractivity contribution in [2.45, 2.75) is 4.90 Å². The van der Waals surface area contributed by atoms with Crippen molar-refractivity contribution in [2.75, 3.05) is 0 Å². The molecule has 0 heterocycles. The third-order valence-corrected chi connectivity index (χ3v) is 1.85. The van der Waals surface area contributed by atoms with E-state index >= 15 is 0 Å². The zero-order chi connectivity index (χ0) is 8.43. The van der Waals surface area contributed by atoms with Crippen molar-refractivity contribution in [3.63, 3.8) is 0 Å². The number of hydrogen-bond acceptors (Lipinski definition) is 1. The fourth-order valence-corrected chi connectivity index (χ4v) is 1.10. The van der Waals surface area contributed by atoms with Gasteiger partial charge in [0, 0.05) is 16.3 Å². The normalized spacial score (nSPS) is 9.73. The molecule has 0 bridgehead atoms. The smallest absolute Gasteiger partial charge is 0.205 e. The summed E-state index contributed by atoms with van der Waals surface area (Å²) in [6.45, 7) is 0. The number of hydrogen-bond donors (Lipinski definition) is 0. The Balaban J connectivity index is 3.31. The van der Waals surface area contributed by atoms with Crippen LogP contribution in [0.15, 0.2) is 17.0 Å². The summed E-state index contributed by atoms with van der Waals surface area (Å²) in [5.74, 6) is -1.74. The molecule has 0 radical (unpaired) electrons. The maximum atomic E-state index is 12.5. The highest BCUT2D eigenvalue weighted by atomic mass is 35.5. The van der Waals surface area contributed by atoms with E-state index in [9.17, 15) is 13.0 Å². The van der Waals surface area contributed by atoms with Crippen LogP contribution in [0.25, 0.3) is 0 Å². The molecule has 0 fully saturated rings. The van der Waals surface area contributed by atoms with Gasteiger partial charge in [-0.2, -0.15) is 0 Å². The second-order valence-corrected chi connectivity index (χ2v) is 2.79. The van der Waals surface area contributed by atoms with Crippen molar-refractivity contribution in [3.05, 3.63) is 28.8 Å². The number of benzene rings is 1. The highest BCUT2D eigenvalue weighted by Gasteiger charge is 2.17. The second kappa shape index (κ2) is 3.19. The Hall–Kier alpha value is -0.610. The molecule has 0 aliphatic heterocycles. The summed E-state index contributed by atoms with van der Waals surface area (Å²) in [6, 6.07) is 1.55. The van der Waals surface area contributed by atoms with Crippen LogP contribution >= 0.6 is 11.6 Å². The van der Waals surface area contributed by atoms with E-state index in [0.29, 0.717) is 6.07 Å². The van der Waals surface area contributed by atoms with Crippen molar-refractivity contribution in [1.29, 1.82) is 0 Å². The highest BCUT2D eigenvalue weighted by molar-refractivity contribution is 7.65. The van der Waals surface area contributed by atoms with E-state index in [2.05, 4.69) is 0 Å². The summed E-state index contributed by atoms with van der Waals surface area (Å²) in [5, 5.41) is -0.246. The zero-order valence-corrected chi connectivity index (χ0v) is 6.68. The lowest BCUT2D eigenvalue weighted by atomic mass is 10.3. The van der Waals surface area contributed by atoms with E-state index in [4.69, 9.17) is 11.6 Å². The Morgan fingerprint density at radius 1 is 1.27 bits per heavy atom. The van der Waals surface area contributed by atoms with Gasteiger partial charge in [0.2, 0.25) is 0 Å². The van der Waals surface area contributed by atoms with Crippen molar-refractivity contribution >= 4 is 23.3 Å². The molecule has 0 aliphatic carbocycles. The zero-order valence-electron chi connectivity index (χ0n) is 5.11. The van der Waals surface area contributed by atoms with Crippen molar-refractivity contribution in [2.24, 2.45) is 0 Å². The second-order valence-electron chi connectivity index (χ2n) is 1.78. The SMILES string of the molecule is O=[S+]c1cc(Cl)c(F)cc1F. The molecule has 0 aromatic heterocycles. The van der Waals surface area contributed by atoms with Crippen LogP contribution in [0.5, 0.6) is 0 Å². The van der Waals surface area contributed by atoms with Crippen molar-refractivity contribution in [1.82, 2.24) is 0 Å². The van der Waals surface area contributed by atoms with Crippen LogP contribution in [0, 0.1) is 11.6 Å². The molecule has 1 aromatic rings. The monoisotopic (exact) mass is 195 g/mol. The van der Waals surface area contributed by atoms with Crippen molar-refractivity contribution in [3.8, 4) is 0 Å². The molecular weight excluding hydrogens is 194 g/mol. The minimum Gasteiger partial charge on any atom is -0.205 e. The molecule has 0 aliphatic rings. The van der Waals surface area contributed by atoms with Crippen LogP contribution in [0.4, 0.5) is 8.78 Å². The van der Waals surface area contributed by atoms with E-state index in [1.807, 2.05) is 0 Å². The first-order chi connectivity index (χ1) is 5.15. The van der Waals surface area contributed by atoms with Gasteiger partial charge in [-0.15, -0.1) is 0 Å². The number of rotatable bonds is 1. The lowest BCUT2D eigenvalue weighted by Gasteiger charge is -1.89. The molecule has 11 heavy (non-hydrogen) atoms. The lowest BCUT2D eigenvalue weighted by molar-refractivity contribution is 0.559. The van der Waals surface area contributed by atoms with E-state index in [1.54, 1.807) is 0 Å². The van der Waals surface area contributed by atoms with Gasteiger partial charge < -0.3 is 0 Å². The molecular formula is C6H2ClF2OS+. The highest BCUT2D eigenvalue weighted by Crippen LogP contribution is 2.19. The predicted molar refractivity (Wildman–Crippen MR) is 37.7 cm³/mol. The molecule has 0 spiro atoms. The third-order valence-electron chi connectivity index (χ3n) is 1.06. The fraction of sp³-hybridized carbons (Fsp3) is 0. The van der Waals surface area contributed by atoms with Crippen LogP contribution in [0.1, 0.15) is 0 Å². The quantitative estimate of drug-likeness (QED) is 0.497. The van der Waals surface area contributed by atoms with Gasteiger partial charge in [0.05, 0.1) is 5.02 Å². The first-order valence-corrected chi connectivity index (χ1v) is 3.71. The Bertz CT molecular complexity index is 303. The summed E-state index contributed by atoms with van der Waals surface area (Å²) in [7, 11) is 0. The molecule has 1 aromatic carbocycles. The average molecular weight is 196 g/mol. The Kier molecular flexibility index (Phi) is 2.46. The molecule has 0 N–H and O–H groups in total. The van der Waals surface area contributed by atoms with E-state index in [-0.39, 0.29) is 21.6 Å². The molecule has 5 heteroatoms. The first-order valence-electron chi connectivity index (χ1n) is 2.59. The summed E-state index contributed by atoms with van der Waals surface area (Å²) < 4.78 is 35.0. The summed E-state index contributed by atoms with van der Waals surface area (Å²) >= 11 is 5.21. The molecule has 1 rings (SSSR count). The maximum absolute atomic E-state index is 12.5. The van der Waals surface area contributed by atoms with Gasteiger partial charge in [-0.05, 0) is 0 Å². The largest absolute Gasteiger partial charge is 0.508 e.